The summed E-state index contributed by atoms with van der Waals surface area (Å²) < 4.78 is 0. The lowest BCUT2D eigenvalue weighted by Gasteiger charge is -2.23. The Balaban J connectivity index is 2.43. The normalized spacial score (nSPS) is 22.8. The van der Waals surface area contributed by atoms with Gasteiger partial charge in [-0.1, -0.05) is 0 Å². The van der Waals surface area contributed by atoms with Crippen LogP contribution in [0.15, 0.2) is 0 Å². The van der Waals surface area contributed by atoms with Gasteiger partial charge in [-0.25, -0.2) is 4.79 Å². The van der Waals surface area contributed by atoms with Gasteiger partial charge in [0.25, 0.3) is 0 Å². The van der Waals surface area contributed by atoms with E-state index in [0.29, 0.717) is 13.1 Å². The van der Waals surface area contributed by atoms with Crippen molar-refractivity contribution in [3.8, 4) is 0 Å². The van der Waals surface area contributed by atoms with Crippen molar-refractivity contribution in [1.82, 2.24) is 10.2 Å². The van der Waals surface area contributed by atoms with E-state index in [-0.39, 0.29) is 12.1 Å². The van der Waals surface area contributed by atoms with Gasteiger partial charge in [-0.05, 0) is 19.8 Å². The second-order valence-corrected chi connectivity index (χ2v) is 3.06. The Labute approximate surface area is 73.1 Å². The Hall–Kier alpha value is -0.770. The van der Waals surface area contributed by atoms with Gasteiger partial charge in [-0.2, -0.15) is 0 Å². The fourth-order valence-corrected chi connectivity index (χ4v) is 1.60. The van der Waals surface area contributed by atoms with Crippen molar-refractivity contribution >= 4 is 6.03 Å². The second kappa shape index (κ2) is 4.30. The van der Waals surface area contributed by atoms with Gasteiger partial charge in [-0.3, -0.25) is 0 Å². The molecule has 0 aromatic rings. The minimum Gasteiger partial charge on any atom is -0.338 e. The lowest BCUT2D eigenvalue weighted by Crippen LogP contribution is -2.45. The molecular weight excluding hydrogens is 154 g/mol. The van der Waals surface area contributed by atoms with Crippen LogP contribution in [0.2, 0.25) is 0 Å². The van der Waals surface area contributed by atoms with Crippen molar-refractivity contribution in [1.29, 1.82) is 0 Å². The van der Waals surface area contributed by atoms with Gasteiger partial charge in [0.2, 0.25) is 0 Å². The highest BCUT2D eigenvalue weighted by Gasteiger charge is 2.26. The minimum atomic E-state index is 0.0328. The first-order valence-corrected chi connectivity index (χ1v) is 4.54. The van der Waals surface area contributed by atoms with Gasteiger partial charge < -0.3 is 16.0 Å². The number of urea groups is 1. The maximum absolute atomic E-state index is 11.4. The average molecular weight is 171 g/mol. The summed E-state index contributed by atoms with van der Waals surface area (Å²) in [6.07, 6.45) is 2.13. The molecule has 0 unspecified atom stereocenters. The lowest BCUT2D eigenvalue weighted by molar-refractivity contribution is 0.194. The SMILES string of the molecule is CCNC(=O)N1CCC[C@H]1CN. The van der Waals surface area contributed by atoms with Crippen molar-refractivity contribution in [2.24, 2.45) is 5.73 Å². The molecular formula is C8H17N3O. The smallest absolute Gasteiger partial charge is 0.317 e. The van der Waals surface area contributed by atoms with Crippen LogP contribution in [-0.4, -0.2) is 36.6 Å². The third-order valence-electron chi connectivity index (χ3n) is 2.24. The van der Waals surface area contributed by atoms with Crippen LogP contribution in [-0.2, 0) is 0 Å². The zero-order valence-corrected chi connectivity index (χ0v) is 7.55. The largest absolute Gasteiger partial charge is 0.338 e. The van der Waals surface area contributed by atoms with Crippen molar-refractivity contribution < 1.29 is 4.79 Å². The van der Waals surface area contributed by atoms with Gasteiger partial charge >= 0.3 is 6.03 Å². The highest BCUT2D eigenvalue weighted by Crippen LogP contribution is 2.15. The first-order chi connectivity index (χ1) is 5.79. The van der Waals surface area contributed by atoms with Crippen LogP contribution in [0.5, 0.6) is 0 Å². The molecule has 4 heteroatoms. The van der Waals surface area contributed by atoms with Gasteiger partial charge in [0.1, 0.15) is 0 Å². The van der Waals surface area contributed by atoms with Gasteiger partial charge in [-0.15, -0.1) is 0 Å². The predicted molar refractivity (Wildman–Crippen MR) is 47.9 cm³/mol. The molecule has 0 radical (unpaired) electrons. The number of hydrogen-bond donors (Lipinski definition) is 2. The first-order valence-electron chi connectivity index (χ1n) is 4.54. The molecule has 1 aliphatic heterocycles. The number of hydrogen-bond acceptors (Lipinski definition) is 2. The number of rotatable bonds is 2. The zero-order valence-electron chi connectivity index (χ0n) is 7.55. The Morgan fingerprint density at radius 1 is 1.75 bits per heavy atom. The van der Waals surface area contributed by atoms with Gasteiger partial charge in [0.05, 0.1) is 0 Å². The summed E-state index contributed by atoms with van der Waals surface area (Å²) in [6.45, 7) is 4.04. The number of amides is 2. The van der Waals surface area contributed by atoms with E-state index >= 15 is 0 Å². The summed E-state index contributed by atoms with van der Waals surface area (Å²) in [5.74, 6) is 0. The molecule has 3 N–H and O–H groups in total. The summed E-state index contributed by atoms with van der Waals surface area (Å²) in [5, 5.41) is 2.78. The highest BCUT2D eigenvalue weighted by molar-refractivity contribution is 5.74. The molecule has 1 fully saturated rings. The molecule has 1 saturated heterocycles. The van der Waals surface area contributed by atoms with E-state index in [1.165, 1.54) is 0 Å². The standard InChI is InChI=1S/C8H17N3O/c1-2-10-8(12)11-5-3-4-7(11)6-9/h7H,2-6,9H2,1H3,(H,10,12)/t7-/m0/s1. The fourth-order valence-electron chi connectivity index (χ4n) is 1.60. The molecule has 1 rings (SSSR count). The molecule has 0 saturated carbocycles. The summed E-state index contributed by atoms with van der Waals surface area (Å²) >= 11 is 0. The molecule has 1 atom stereocenters. The summed E-state index contributed by atoms with van der Waals surface area (Å²) in [4.78, 5) is 13.2. The van der Waals surface area contributed by atoms with Crippen molar-refractivity contribution in [2.75, 3.05) is 19.6 Å². The van der Waals surface area contributed by atoms with Crippen LogP contribution in [0.3, 0.4) is 0 Å². The monoisotopic (exact) mass is 171 g/mol. The van der Waals surface area contributed by atoms with Crippen LogP contribution in [0.1, 0.15) is 19.8 Å². The summed E-state index contributed by atoms with van der Waals surface area (Å²) in [6, 6.07) is 0.294. The average Bonchev–Trinajstić information content (AvgIpc) is 2.51. The minimum absolute atomic E-state index is 0.0328. The Morgan fingerprint density at radius 2 is 2.50 bits per heavy atom. The quantitative estimate of drug-likeness (QED) is 0.621. The van der Waals surface area contributed by atoms with Crippen LogP contribution in [0.25, 0.3) is 0 Å². The Bertz CT molecular complexity index is 160. The van der Waals surface area contributed by atoms with Crippen LogP contribution in [0, 0.1) is 0 Å². The third-order valence-corrected chi connectivity index (χ3v) is 2.24. The molecule has 2 amide bonds. The van der Waals surface area contributed by atoms with E-state index in [9.17, 15) is 4.79 Å². The molecule has 4 nitrogen and oxygen atoms in total. The molecule has 1 heterocycles. The Kier molecular flexibility index (Phi) is 3.34. The molecule has 0 bridgehead atoms. The summed E-state index contributed by atoms with van der Waals surface area (Å²) in [5.41, 5.74) is 5.54. The highest BCUT2D eigenvalue weighted by atomic mass is 16.2. The first kappa shape index (κ1) is 9.32. The maximum Gasteiger partial charge on any atom is 0.317 e. The van der Waals surface area contributed by atoms with Crippen LogP contribution in [0.4, 0.5) is 4.79 Å². The van der Waals surface area contributed by atoms with Crippen molar-refractivity contribution in [2.45, 2.75) is 25.8 Å². The maximum atomic E-state index is 11.4. The number of carbonyl (C=O) groups is 1. The molecule has 0 aromatic carbocycles. The van der Waals surface area contributed by atoms with Crippen LogP contribution < -0.4 is 11.1 Å². The Morgan fingerprint density at radius 3 is 3.08 bits per heavy atom. The van der Waals surface area contributed by atoms with Crippen LogP contribution >= 0.6 is 0 Å². The number of carbonyl (C=O) groups excluding carboxylic acids is 1. The molecule has 0 aromatic heterocycles. The third kappa shape index (κ3) is 1.88. The number of likely N-dealkylation sites (tertiary alicyclic amines) is 1. The predicted octanol–water partition coefficient (Wildman–Crippen LogP) is 0.139. The number of nitrogens with two attached hydrogens (primary N) is 1. The van der Waals surface area contributed by atoms with E-state index in [1.807, 2.05) is 11.8 Å². The van der Waals surface area contributed by atoms with E-state index < -0.39 is 0 Å². The van der Waals surface area contributed by atoms with Crippen molar-refractivity contribution in [3.63, 3.8) is 0 Å². The molecule has 12 heavy (non-hydrogen) atoms. The van der Waals surface area contributed by atoms with E-state index in [2.05, 4.69) is 5.32 Å². The summed E-state index contributed by atoms with van der Waals surface area (Å²) in [7, 11) is 0. The topological polar surface area (TPSA) is 58.4 Å². The zero-order chi connectivity index (χ0) is 8.97. The second-order valence-electron chi connectivity index (χ2n) is 3.06. The van der Waals surface area contributed by atoms with Gasteiger partial charge in [0, 0.05) is 25.7 Å². The van der Waals surface area contributed by atoms with E-state index in [1.54, 1.807) is 0 Å². The van der Waals surface area contributed by atoms with Gasteiger partial charge in [0.15, 0.2) is 0 Å². The van der Waals surface area contributed by atoms with E-state index in [4.69, 9.17) is 5.73 Å². The molecule has 1 aliphatic rings. The van der Waals surface area contributed by atoms with Crippen molar-refractivity contribution in [3.05, 3.63) is 0 Å². The number of nitrogens with one attached hydrogen (secondary N) is 1. The molecule has 70 valence electrons. The molecule has 0 spiro atoms. The fraction of sp³-hybridized carbons (Fsp3) is 0.875. The lowest BCUT2D eigenvalue weighted by atomic mass is 10.2. The molecule has 0 aliphatic carbocycles. The van der Waals surface area contributed by atoms with E-state index in [0.717, 1.165) is 19.4 Å². The number of nitrogens with zero attached hydrogens (tertiary/aromatic N) is 1.